The summed E-state index contributed by atoms with van der Waals surface area (Å²) in [6.45, 7) is 0. The Hall–Kier alpha value is -1.59. The van der Waals surface area contributed by atoms with Crippen LogP contribution in [0.2, 0.25) is 0 Å². The molecule has 0 spiro atoms. The largest absolute Gasteiger partial charge is 0.497 e. The molecule has 3 rings (SSSR count). The molecule has 0 atom stereocenters. The van der Waals surface area contributed by atoms with E-state index in [9.17, 15) is 4.79 Å². The molecule has 3 nitrogen and oxygen atoms in total. The predicted octanol–water partition coefficient (Wildman–Crippen LogP) is 4.80. The molecule has 0 aliphatic carbocycles. The van der Waals surface area contributed by atoms with E-state index >= 15 is 0 Å². The Morgan fingerprint density at radius 2 is 1.58 bits per heavy atom. The van der Waals surface area contributed by atoms with Crippen molar-refractivity contribution in [2.75, 3.05) is 25.7 Å². The molecule has 1 fully saturated rings. The summed E-state index contributed by atoms with van der Waals surface area (Å²) in [5.74, 6) is 3.85. The van der Waals surface area contributed by atoms with Crippen LogP contribution in [0.1, 0.15) is 32.5 Å². The first kappa shape index (κ1) is 17.2. The molecule has 0 radical (unpaired) electrons. The Kier molecular flexibility index (Phi) is 5.74. The molecule has 0 N–H and O–H groups in total. The van der Waals surface area contributed by atoms with E-state index in [-0.39, 0.29) is 10.4 Å². The summed E-state index contributed by atoms with van der Waals surface area (Å²) in [4.78, 5) is 13.0. The Labute approximate surface area is 151 Å². The molecule has 2 aromatic rings. The van der Waals surface area contributed by atoms with Gasteiger partial charge in [-0.1, -0.05) is 0 Å². The standard InChI is InChI=1S/C19H20O3S2/c1-21-14-6-4-13(5-7-14)18(20)16-9-8-15(22-2)12-17(16)19-23-10-3-11-24-19/h4-9,12,19H,3,10-11H2,1-2H3. The minimum atomic E-state index is 0.0436. The number of rotatable bonds is 5. The second kappa shape index (κ2) is 7.99. The lowest BCUT2D eigenvalue weighted by Gasteiger charge is -2.23. The van der Waals surface area contributed by atoms with Gasteiger partial charge in [0.25, 0.3) is 0 Å². The minimum absolute atomic E-state index is 0.0436. The number of carbonyl (C=O) groups is 1. The van der Waals surface area contributed by atoms with E-state index in [2.05, 4.69) is 0 Å². The lowest BCUT2D eigenvalue weighted by molar-refractivity contribution is 0.103. The Balaban J connectivity index is 1.96. The van der Waals surface area contributed by atoms with E-state index in [1.165, 1.54) is 6.42 Å². The van der Waals surface area contributed by atoms with Crippen molar-refractivity contribution in [3.8, 4) is 11.5 Å². The lowest BCUT2D eigenvalue weighted by Crippen LogP contribution is -2.09. The molecule has 1 saturated heterocycles. The van der Waals surface area contributed by atoms with Crippen LogP contribution < -0.4 is 9.47 Å². The van der Waals surface area contributed by atoms with E-state index in [1.807, 2.05) is 66.0 Å². The molecule has 24 heavy (non-hydrogen) atoms. The topological polar surface area (TPSA) is 35.5 Å². The lowest BCUT2D eigenvalue weighted by atomic mass is 9.98. The van der Waals surface area contributed by atoms with Crippen LogP contribution in [0.25, 0.3) is 0 Å². The number of ketones is 1. The molecular weight excluding hydrogens is 340 g/mol. The second-order valence-electron chi connectivity index (χ2n) is 5.44. The van der Waals surface area contributed by atoms with Crippen molar-refractivity contribution in [1.29, 1.82) is 0 Å². The van der Waals surface area contributed by atoms with Gasteiger partial charge >= 0.3 is 0 Å². The molecule has 5 heteroatoms. The van der Waals surface area contributed by atoms with Crippen molar-refractivity contribution < 1.29 is 14.3 Å². The van der Waals surface area contributed by atoms with Crippen LogP contribution in [0.4, 0.5) is 0 Å². The summed E-state index contributed by atoms with van der Waals surface area (Å²) in [5.41, 5.74) is 2.49. The molecule has 0 saturated carbocycles. The van der Waals surface area contributed by atoms with Crippen molar-refractivity contribution in [3.63, 3.8) is 0 Å². The number of hydrogen-bond donors (Lipinski definition) is 0. The zero-order chi connectivity index (χ0) is 16.9. The highest BCUT2D eigenvalue weighted by Gasteiger charge is 2.24. The Morgan fingerprint density at radius 3 is 2.21 bits per heavy atom. The van der Waals surface area contributed by atoms with Crippen LogP contribution in [-0.2, 0) is 0 Å². The average molecular weight is 361 g/mol. The highest BCUT2D eigenvalue weighted by Crippen LogP contribution is 2.46. The van der Waals surface area contributed by atoms with Crippen LogP contribution in [0.3, 0.4) is 0 Å². The maximum absolute atomic E-state index is 13.0. The highest BCUT2D eigenvalue weighted by atomic mass is 32.2. The van der Waals surface area contributed by atoms with Gasteiger partial charge in [0.1, 0.15) is 11.5 Å². The van der Waals surface area contributed by atoms with Gasteiger partial charge in [-0.2, -0.15) is 0 Å². The van der Waals surface area contributed by atoms with Crippen molar-refractivity contribution >= 4 is 29.3 Å². The predicted molar refractivity (Wildman–Crippen MR) is 102 cm³/mol. The van der Waals surface area contributed by atoms with Crippen molar-refractivity contribution in [2.45, 2.75) is 11.0 Å². The summed E-state index contributed by atoms with van der Waals surface area (Å²) < 4.78 is 10.8. The molecule has 0 unspecified atom stereocenters. The van der Waals surface area contributed by atoms with Gasteiger partial charge in [0.2, 0.25) is 0 Å². The van der Waals surface area contributed by atoms with Gasteiger partial charge in [-0.05, 0) is 66.0 Å². The monoisotopic (exact) mass is 360 g/mol. The first-order valence-corrected chi connectivity index (χ1v) is 9.92. The maximum atomic E-state index is 13.0. The zero-order valence-corrected chi connectivity index (χ0v) is 15.4. The van der Waals surface area contributed by atoms with E-state index in [0.29, 0.717) is 5.56 Å². The summed E-state index contributed by atoms with van der Waals surface area (Å²) in [6.07, 6.45) is 1.22. The van der Waals surface area contributed by atoms with Gasteiger partial charge in [0.05, 0.1) is 18.8 Å². The normalized spacial score (nSPS) is 15.1. The zero-order valence-electron chi connectivity index (χ0n) is 13.8. The van der Waals surface area contributed by atoms with Gasteiger partial charge in [0, 0.05) is 11.1 Å². The average Bonchev–Trinajstić information content (AvgIpc) is 2.67. The first-order chi connectivity index (χ1) is 11.7. The number of carbonyl (C=O) groups excluding carboxylic acids is 1. The first-order valence-electron chi connectivity index (χ1n) is 7.83. The van der Waals surface area contributed by atoms with Crippen LogP contribution in [0.5, 0.6) is 11.5 Å². The number of hydrogen-bond acceptors (Lipinski definition) is 5. The summed E-state index contributed by atoms with van der Waals surface area (Å²) in [5, 5.41) is 0. The fourth-order valence-electron chi connectivity index (χ4n) is 2.63. The number of ether oxygens (including phenoxy) is 2. The number of methoxy groups -OCH3 is 2. The molecular formula is C19H20O3S2. The van der Waals surface area contributed by atoms with Gasteiger partial charge in [-0.3, -0.25) is 4.79 Å². The molecule has 1 aliphatic heterocycles. The second-order valence-corrected chi connectivity index (χ2v) is 8.16. The Bertz CT molecular complexity index is 707. The van der Waals surface area contributed by atoms with Gasteiger partial charge < -0.3 is 9.47 Å². The molecule has 126 valence electrons. The van der Waals surface area contributed by atoms with E-state index in [1.54, 1.807) is 14.2 Å². The van der Waals surface area contributed by atoms with Crippen LogP contribution in [0, 0.1) is 0 Å². The molecule has 0 bridgehead atoms. The number of benzene rings is 2. The van der Waals surface area contributed by atoms with Gasteiger partial charge in [-0.25, -0.2) is 0 Å². The SMILES string of the molecule is COc1ccc(C(=O)c2ccc(OC)cc2C2SCCCS2)cc1. The quantitative estimate of drug-likeness (QED) is 0.716. The van der Waals surface area contributed by atoms with Gasteiger partial charge in [0.15, 0.2) is 5.78 Å². The highest BCUT2D eigenvalue weighted by molar-refractivity contribution is 8.16. The van der Waals surface area contributed by atoms with Crippen LogP contribution in [-0.4, -0.2) is 31.5 Å². The third-order valence-corrected chi connectivity index (χ3v) is 6.92. The minimum Gasteiger partial charge on any atom is -0.497 e. The van der Waals surface area contributed by atoms with Crippen LogP contribution in [0.15, 0.2) is 42.5 Å². The van der Waals surface area contributed by atoms with Crippen LogP contribution >= 0.6 is 23.5 Å². The Morgan fingerprint density at radius 1 is 0.958 bits per heavy atom. The van der Waals surface area contributed by atoms with Crippen molar-refractivity contribution in [1.82, 2.24) is 0 Å². The summed E-state index contributed by atoms with van der Waals surface area (Å²) in [6, 6.07) is 13.0. The van der Waals surface area contributed by atoms with Gasteiger partial charge in [-0.15, -0.1) is 23.5 Å². The smallest absolute Gasteiger partial charge is 0.193 e. The third-order valence-electron chi connectivity index (χ3n) is 3.94. The molecule has 0 aromatic heterocycles. The fraction of sp³-hybridized carbons (Fsp3) is 0.316. The van der Waals surface area contributed by atoms with Crippen molar-refractivity contribution in [2.24, 2.45) is 0 Å². The maximum Gasteiger partial charge on any atom is 0.193 e. The van der Waals surface area contributed by atoms with E-state index < -0.39 is 0 Å². The molecule has 0 amide bonds. The fourth-order valence-corrected chi connectivity index (χ4v) is 5.58. The van der Waals surface area contributed by atoms with E-state index in [4.69, 9.17) is 9.47 Å². The molecule has 1 aliphatic rings. The third kappa shape index (κ3) is 3.73. The van der Waals surface area contributed by atoms with Crippen molar-refractivity contribution in [3.05, 3.63) is 59.2 Å². The molecule has 1 heterocycles. The number of thioether (sulfide) groups is 2. The molecule has 2 aromatic carbocycles. The summed E-state index contributed by atoms with van der Waals surface area (Å²) >= 11 is 3.81. The summed E-state index contributed by atoms with van der Waals surface area (Å²) in [7, 11) is 3.28. The van der Waals surface area contributed by atoms with E-state index in [0.717, 1.165) is 34.1 Å².